The number of carbonyl (C=O) groups is 3. The molecule has 0 spiro atoms. The molecule has 0 saturated heterocycles. The highest BCUT2D eigenvalue weighted by molar-refractivity contribution is 5.87. The Balaban J connectivity index is 2.72. The van der Waals surface area contributed by atoms with E-state index in [-0.39, 0.29) is 37.7 Å². The Morgan fingerprint density at radius 3 is 1.94 bits per heavy atom. The van der Waals surface area contributed by atoms with Crippen LogP contribution in [0.15, 0.2) is 12.2 Å². The van der Waals surface area contributed by atoms with Gasteiger partial charge in [0.1, 0.15) is 11.7 Å². The van der Waals surface area contributed by atoms with Crippen LogP contribution < -0.4 is 0 Å². The van der Waals surface area contributed by atoms with Crippen LogP contribution in [0.1, 0.15) is 46.0 Å². The predicted molar refractivity (Wildman–Crippen MR) is 90.3 cm³/mol. The topological polar surface area (TPSA) is 99.1 Å². The summed E-state index contributed by atoms with van der Waals surface area (Å²) < 4.78 is 89.8. The Morgan fingerprint density at radius 2 is 1.55 bits per heavy atom. The first kappa shape index (κ1) is 26.7. The first-order valence-corrected chi connectivity index (χ1v) is 9.10. The van der Waals surface area contributed by atoms with Crippen LogP contribution >= 0.6 is 0 Å². The predicted octanol–water partition coefficient (Wildman–Crippen LogP) is 3.14. The van der Waals surface area contributed by atoms with Crippen LogP contribution in [0.4, 0.5) is 26.3 Å². The van der Waals surface area contributed by atoms with Crippen LogP contribution in [0.3, 0.4) is 0 Å². The van der Waals surface area contributed by atoms with Crippen molar-refractivity contribution in [3.05, 3.63) is 12.2 Å². The summed E-state index contributed by atoms with van der Waals surface area (Å²) in [5.74, 6) is -5.08. The van der Waals surface area contributed by atoms with E-state index in [1.807, 2.05) is 0 Å². The molecule has 0 amide bonds. The number of alkyl halides is 6. The zero-order chi connectivity index (χ0) is 24.3. The molecule has 31 heavy (non-hydrogen) atoms. The lowest BCUT2D eigenvalue weighted by Gasteiger charge is -2.38. The van der Waals surface area contributed by atoms with Gasteiger partial charge in [0.25, 0.3) is 0 Å². The highest BCUT2D eigenvalue weighted by Gasteiger charge is 2.76. The van der Waals surface area contributed by atoms with Crippen LogP contribution in [-0.4, -0.2) is 59.3 Å². The van der Waals surface area contributed by atoms with E-state index in [0.717, 1.165) is 0 Å². The van der Waals surface area contributed by atoms with E-state index in [2.05, 4.69) is 11.3 Å². The SMILES string of the molecule is C=C(C)C(=O)OC1CCC(CC)(OC(=O)COC(=O)C(O)(C(F)(F)F)C(F)(F)F)CC1. The molecule has 1 aliphatic carbocycles. The third-order valence-corrected chi connectivity index (χ3v) is 4.88. The van der Waals surface area contributed by atoms with E-state index in [4.69, 9.17) is 14.6 Å². The van der Waals surface area contributed by atoms with E-state index in [1.54, 1.807) is 6.92 Å². The number of hydrogen-bond donors (Lipinski definition) is 1. The zero-order valence-corrected chi connectivity index (χ0v) is 16.7. The summed E-state index contributed by atoms with van der Waals surface area (Å²) >= 11 is 0. The van der Waals surface area contributed by atoms with Gasteiger partial charge < -0.3 is 19.3 Å². The fourth-order valence-electron chi connectivity index (χ4n) is 2.91. The van der Waals surface area contributed by atoms with Crippen molar-refractivity contribution >= 4 is 17.9 Å². The Morgan fingerprint density at radius 1 is 1.06 bits per heavy atom. The average Bonchev–Trinajstić information content (AvgIpc) is 2.65. The van der Waals surface area contributed by atoms with Crippen LogP contribution in [-0.2, 0) is 28.6 Å². The summed E-state index contributed by atoms with van der Waals surface area (Å²) in [6.07, 6.45) is -12.1. The summed E-state index contributed by atoms with van der Waals surface area (Å²) in [7, 11) is 0. The molecule has 0 radical (unpaired) electrons. The van der Waals surface area contributed by atoms with Crippen LogP contribution in [0.5, 0.6) is 0 Å². The smallest absolute Gasteiger partial charge is 0.437 e. The van der Waals surface area contributed by atoms with E-state index < -0.39 is 54.2 Å². The molecule has 7 nitrogen and oxygen atoms in total. The summed E-state index contributed by atoms with van der Waals surface area (Å²) in [6.45, 7) is 4.97. The molecule has 0 bridgehead atoms. The first-order chi connectivity index (χ1) is 14.0. The van der Waals surface area contributed by atoms with E-state index >= 15 is 0 Å². The van der Waals surface area contributed by atoms with Crippen molar-refractivity contribution in [2.24, 2.45) is 0 Å². The van der Waals surface area contributed by atoms with Gasteiger partial charge in [-0.15, -0.1) is 0 Å². The van der Waals surface area contributed by atoms with Crippen molar-refractivity contribution < 1.29 is 60.0 Å². The van der Waals surface area contributed by atoms with Crippen molar-refractivity contribution in [3.63, 3.8) is 0 Å². The lowest BCUT2D eigenvalue weighted by Crippen LogP contribution is -2.63. The molecular weight excluding hydrogens is 442 g/mol. The fraction of sp³-hybridized carbons (Fsp3) is 0.722. The molecule has 1 rings (SSSR count). The monoisotopic (exact) mass is 464 g/mol. The molecule has 1 fully saturated rings. The lowest BCUT2D eigenvalue weighted by atomic mass is 9.81. The molecule has 0 aromatic carbocycles. The number of halogens is 6. The van der Waals surface area contributed by atoms with Gasteiger partial charge in [0.05, 0.1) is 0 Å². The molecule has 1 aliphatic rings. The number of rotatable bonds is 7. The highest BCUT2D eigenvalue weighted by atomic mass is 19.4. The quantitative estimate of drug-likeness (QED) is 0.268. The van der Waals surface area contributed by atoms with E-state index in [1.165, 1.54) is 6.92 Å². The molecule has 0 atom stereocenters. The molecule has 13 heteroatoms. The van der Waals surface area contributed by atoms with Crippen molar-refractivity contribution in [2.75, 3.05) is 6.61 Å². The maximum absolute atomic E-state index is 12.6. The van der Waals surface area contributed by atoms with Gasteiger partial charge in [0.2, 0.25) is 0 Å². The summed E-state index contributed by atoms with van der Waals surface area (Å²) in [4.78, 5) is 34.8. The maximum Gasteiger partial charge on any atom is 0.437 e. The third-order valence-electron chi connectivity index (χ3n) is 4.88. The van der Waals surface area contributed by atoms with Gasteiger partial charge in [-0.05, 0) is 39.0 Å². The van der Waals surface area contributed by atoms with Gasteiger partial charge in [0.15, 0.2) is 6.61 Å². The van der Waals surface area contributed by atoms with Gasteiger partial charge in [0, 0.05) is 5.57 Å². The third kappa shape index (κ3) is 6.11. The van der Waals surface area contributed by atoms with Gasteiger partial charge in [-0.25, -0.2) is 14.4 Å². The van der Waals surface area contributed by atoms with Crippen LogP contribution in [0.25, 0.3) is 0 Å². The minimum absolute atomic E-state index is 0.187. The molecule has 0 aromatic heterocycles. The van der Waals surface area contributed by atoms with Gasteiger partial charge in [-0.1, -0.05) is 13.5 Å². The van der Waals surface area contributed by atoms with Gasteiger partial charge >= 0.3 is 35.9 Å². The molecule has 1 N–H and O–H groups in total. The average molecular weight is 464 g/mol. The Bertz CT molecular complexity index is 691. The van der Waals surface area contributed by atoms with E-state index in [9.17, 15) is 40.7 Å². The van der Waals surface area contributed by atoms with Crippen LogP contribution in [0, 0.1) is 0 Å². The minimum atomic E-state index is -6.42. The molecule has 0 aliphatic heterocycles. The molecule has 1 saturated carbocycles. The number of ether oxygens (including phenoxy) is 3. The highest BCUT2D eigenvalue weighted by Crippen LogP contribution is 2.44. The number of hydrogen-bond acceptors (Lipinski definition) is 7. The van der Waals surface area contributed by atoms with Crippen molar-refractivity contribution in [1.29, 1.82) is 0 Å². The normalized spacial score (nSPS) is 22.4. The number of aliphatic hydroxyl groups is 1. The first-order valence-electron chi connectivity index (χ1n) is 9.10. The van der Waals surface area contributed by atoms with E-state index in [0.29, 0.717) is 0 Å². The Labute approximate surface area is 173 Å². The lowest BCUT2D eigenvalue weighted by molar-refractivity contribution is -0.356. The minimum Gasteiger partial charge on any atom is -0.459 e. The summed E-state index contributed by atoms with van der Waals surface area (Å²) in [5, 5.41) is 8.90. The van der Waals surface area contributed by atoms with Gasteiger partial charge in [-0.3, -0.25) is 0 Å². The summed E-state index contributed by atoms with van der Waals surface area (Å²) in [5.41, 5.74) is -6.72. The summed E-state index contributed by atoms with van der Waals surface area (Å²) in [6, 6.07) is 0. The molecule has 0 heterocycles. The Kier molecular flexibility index (Phi) is 8.15. The molecule has 0 aromatic rings. The van der Waals surface area contributed by atoms with Crippen molar-refractivity contribution in [1.82, 2.24) is 0 Å². The van der Waals surface area contributed by atoms with Crippen molar-refractivity contribution in [3.8, 4) is 0 Å². The number of carbonyl (C=O) groups excluding carboxylic acids is 3. The molecule has 178 valence electrons. The standard InChI is InChI=1S/C18H22F6O7/c1-4-15(7-5-11(6-8-15)30-13(26)10(2)3)31-12(25)9-29-14(27)16(28,17(19,20)21)18(22,23)24/h11,28H,2,4-9H2,1,3H3. The fourth-order valence-corrected chi connectivity index (χ4v) is 2.91. The second-order valence-electron chi connectivity index (χ2n) is 7.18. The van der Waals surface area contributed by atoms with Crippen molar-refractivity contribution in [2.45, 2.75) is 75.6 Å². The number of esters is 3. The second kappa shape index (κ2) is 9.45. The molecular formula is C18H22F6O7. The van der Waals surface area contributed by atoms with Crippen LogP contribution in [0.2, 0.25) is 0 Å². The maximum atomic E-state index is 12.6. The van der Waals surface area contributed by atoms with Gasteiger partial charge in [-0.2, -0.15) is 26.3 Å². The second-order valence-corrected chi connectivity index (χ2v) is 7.18. The molecule has 0 unspecified atom stereocenters. The Hall–Kier alpha value is -2.31. The largest absolute Gasteiger partial charge is 0.459 e. The zero-order valence-electron chi connectivity index (χ0n) is 16.7.